The second kappa shape index (κ2) is 10.2. The fraction of sp³-hybridized carbons (Fsp3) is 0.250. The molecule has 0 radical (unpaired) electrons. The highest BCUT2D eigenvalue weighted by Crippen LogP contribution is 2.28. The number of halogens is 2. The second-order valence-corrected chi connectivity index (χ2v) is 10.7. The average molecular weight is 514 g/mol. The van der Waals surface area contributed by atoms with E-state index >= 15 is 0 Å². The number of nitrogens with zero attached hydrogens (tertiary/aromatic N) is 4. The van der Waals surface area contributed by atoms with E-state index in [1.807, 2.05) is 23.6 Å². The molecule has 3 rings (SSSR count). The van der Waals surface area contributed by atoms with E-state index in [0.29, 0.717) is 28.2 Å². The van der Waals surface area contributed by atoms with Gasteiger partial charge in [-0.25, -0.2) is 12.7 Å². The maximum atomic E-state index is 12.5. The third-order valence-corrected chi connectivity index (χ3v) is 7.96. The van der Waals surface area contributed by atoms with Gasteiger partial charge in [-0.15, -0.1) is 10.2 Å². The van der Waals surface area contributed by atoms with Crippen LogP contribution in [0.5, 0.6) is 0 Å². The molecular formula is C20H21Cl2N5O3S2. The summed E-state index contributed by atoms with van der Waals surface area (Å²) in [5, 5.41) is 12.5. The molecule has 32 heavy (non-hydrogen) atoms. The lowest BCUT2D eigenvalue weighted by atomic mass is 10.2. The molecule has 0 aliphatic heterocycles. The molecule has 1 amide bonds. The standard InChI is InChI=1S/C20H21Cl2N5O3S2/c1-4-27-19(13-5-7-14(21)8-6-13)24-25-20(27)31-12-18(28)23-15-9-10-16(22)17(11-15)32(29,30)26(2)3/h5-11H,4,12H2,1-3H3,(H,23,28). The van der Waals surface area contributed by atoms with Crippen molar-refractivity contribution in [3.05, 3.63) is 52.5 Å². The van der Waals surface area contributed by atoms with Crippen LogP contribution < -0.4 is 5.32 Å². The van der Waals surface area contributed by atoms with E-state index in [4.69, 9.17) is 23.2 Å². The van der Waals surface area contributed by atoms with Crippen LogP contribution in [0.1, 0.15) is 6.92 Å². The number of sulfonamides is 1. The average Bonchev–Trinajstić information content (AvgIpc) is 3.16. The number of amides is 1. The molecule has 8 nitrogen and oxygen atoms in total. The Balaban J connectivity index is 1.71. The first kappa shape index (κ1) is 24.5. The van der Waals surface area contributed by atoms with Crippen molar-refractivity contribution in [2.75, 3.05) is 25.2 Å². The molecule has 1 N–H and O–H groups in total. The molecule has 0 saturated carbocycles. The van der Waals surface area contributed by atoms with Gasteiger partial charge < -0.3 is 9.88 Å². The van der Waals surface area contributed by atoms with Gasteiger partial charge in [-0.2, -0.15) is 0 Å². The third kappa shape index (κ3) is 5.44. The fourth-order valence-electron chi connectivity index (χ4n) is 2.80. The Kier molecular flexibility index (Phi) is 7.84. The van der Waals surface area contributed by atoms with Crippen LogP contribution in [0.3, 0.4) is 0 Å². The van der Waals surface area contributed by atoms with Crippen molar-refractivity contribution in [1.29, 1.82) is 0 Å². The highest BCUT2D eigenvalue weighted by molar-refractivity contribution is 7.99. The molecule has 170 valence electrons. The smallest absolute Gasteiger partial charge is 0.244 e. The Labute approximate surface area is 201 Å². The monoisotopic (exact) mass is 513 g/mol. The minimum absolute atomic E-state index is 0.0666. The predicted octanol–water partition coefficient (Wildman–Crippen LogP) is 4.25. The summed E-state index contributed by atoms with van der Waals surface area (Å²) in [7, 11) is -0.917. The molecule has 0 atom stereocenters. The summed E-state index contributed by atoms with van der Waals surface area (Å²) < 4.78 is 27.8. The number of rotatable bonds is 8. The van der Waals surface area contributed by atoms with Crippen LogP contribution in [0.25, 0.3) is 11.4 Å². The first-order chi connectivity index (χ1) is 15.1. The van der Waals surface area contributed by atoms with E-state index in [9.17, 15) is 13.2 Å². The Hall–Kier alpha value is -2.11. The first-order valence-corrected chi connectivity index (χ1v) is 12.7. The Bertz CT molecular complexity index is 1230. The molecule has 1 aromatic heterocycles. The normalized spacial score (nSPS) is 11.7. The predicted molar refractivity (Wildman–Crippen MR) is 128 cm³/mol. The van der Waals surface area contributed by atoms with Gasteiger partial charge in [0.1, 0.15) is 4.90 Å². The van der Waals surface area contributed by atoms with Gasteiger partial charge in [-0.1, -0.05) is 35.0 Å². The van der Waals surface area contributed by atoms with E-state index in [1.165, 1.54) is 38.0 Å². The zero-order chi connectivity index (χ0) is 23.5. The number of benzene rings is 2. The van der Waals surface area contributed by atoms with Crippen molar-refractivity contribution in [3.8, 4) is 11.4 Å². The summed E-state index contributed by atoms with van der Waals surface area (Å²) >= 11 is 13.2. The molecule has 3 aromatic rings. The van der Waals surface area contributed by atoms with Crippen LogP contribution in [0.4, 0.5) is 5.69 Å². The van der Waals surface area contributed by atoms with Crippen molar-refractivity contribution in [2.45, 2.75) is 23.5 Å². The highest BCUT2D eigenvalue weighted by Gasteiger charge is 2.22. The molecule has 0 unspecified atom stereocenters. The lowest BCUT2D eigenvalue weighted by Crippen LogP contribution is -2.23. The summed E-state index contributed by atoms with van der Waals surface area (Å²) in [6.45, 7) is 2.59. The van der Waals surface area contributed by atoms with E-state index in [0.717, 1.165) is 9.87 Å². The highest BCUT2D eigenvalue weighted by atomic mass is 35.5. The van der Waals surface area contributed by atoms with Gasteiger partial charge >= 0.3 is 0 Å². The number of thioether (sulfide) groups is 1. The van der Waals surface area contributed by atoms with E-state index in [-0.39, 0.29) is 21.6 Å². The molecule has 2 aromatic carbocycles. The number of nitrogens with one attached hydrogen (secondary N) is 1. The van der Waals surface area contributed by atoms with E-state index in [1.54, 1.807) is 18.2 Å². The fourth-order valence-corrected chi connectivity index (χ4v) is 5.12. The van der Waals surface area contributed by atoms with Crippen LogP contribution in [0.2, 0.25) is 10.0 Å². The number of carbonyl (C=O) groups excluding carboxylic acids is 1. The van der Waals surface area contributed by atoms with Crippen molar-refractivity contribution < 1.29 is 13.2 Å². The number of carbonyl (C=O) groups is 1. The number of hydrogen-bond donors (Lipinski definition) is 1. The SMILES string of the molecule is CCn1c(SCC(=O)Nc2ccc(Cl)c(S(=O)(=O)N(C)C)c2)nnc1-c1ccc(Cl)cc1. The summed E-state index contributed by atoms with van der Waals surface area (Å²) in [4.78, 5) is 12.4. The van der Waals surface area contributed by atoms with Crippen LogP contribution in [0, 0.1) is 0 Å². The van der Waals surface area contributed by atoms with E-state index < -0.39 is 10.0 Å². The topological polar surface area (TPSA) is 97.2 Å². The first-order valence-electron chi connectivity index (χ1n) is 9.47. The minimum Gasteiger partial charge on any atom is -0.325 e. The van der Waals surface area contributed by atoms with Gasteiger partial charge in [-0.3, -0.25) is 4.79 Å². The molecule has 0 fully saturated rings. The summed E-state index contributed by atoms with van der Waals surface area (Å²) in [6, 6.07) is 11.6. The quantitative estimate of drug-likeness (QED) is 0.452. The zero-order valence-corrected chi connectivity index (χ0v) is 20.7. The molecule has 12 heteroatoms. The molecular weight excluding hydrogens is 493 g/mol. The van der Waals surface area contributed by atoms with Gasteiger partial charge in [0.15, 0.2) is 11.0 Å². The van der Waals surface area contributed by atoms with Gasteiger partial charge in [0.25, 0.3) is 0 Å². The van der Waals surface area contributed by atoms with Gasteiger partial charge in [-0.05, 0) is 49.4 Å². The maximum absolute atomic E-state index is 12.5. The Morgan fingerprint density at radius 2 is 1.81 bits per heavy atom. The maximum Gasteiger partial charge on any atom is 0.244 e. The van der Waals surface area contributed by atoms with Crippen LogP contribution >= 0.6 is 35.0 Å². The number of anilines is 1. The lowest BCUT2D eigenvalue weighted by molar-refractivity contribution is -0.113. The van der Waals surface area contributed by atoms with Crippen molar-refractivity contribution >= 4 is 56.6 Å². The van der Waals surface area contributed by atoms with Gasteiger partial charge in [0, 0.05) is 36.9 Å². The van der Waals surface area contributed by atoms with Crippen molar-refractivity contribution in [3.63, 3.8) is 0 Å². The molecule has 1 heterocycles. The van der Waals surface area contributed by atoms with Crippen LogP contribution in [-0.4, -0.2) is 53.2 Å². The molecule has 0 aliphatic rings. The Morgan fingerprint density at radius 3 is 2.44 bits per heavy atom. The molecule has 0 aliphatic carbocycles. The summed E-state index contributed by atoms with van der Waals surface area (Å²) in [5.41, 5.74) is 1.20. The van der Waals surface area contributed by atoms with E-state index in [2.05, 4.69) is 15.5 Å². The zero-order valence-electron chi connectivity index (χ0n) is 17.5. The second-order valence-electron chi connectivity index (χ2n) is 6.83. The minimum atomic E-state index is -3.74. The third-order valence-electron chi connectivity index (χ3n) is 4.44. The number of hydrogen-bond acceptors (Lipinski definition) is 6. The number of aromatic nitrogens is 3. The van der Waals surface area contributed by atoms with Gasteiger partial charge in [0.2, 0.25) is 15.9 Å². The van der Waals surface area contributed by atoms with Crippen LogP contribution in [-0.2, 0) is 21.4 Å². The molecule has 0 bridgehead atoms. The van der Waals surface area contributed by atoms with Crippen molar-refractivity contribution in [2.24, 2.45) is 0 Å². The molecule has 0 saturated heterocycles. The van der Waals surface area contributed by atoms with Crippen molar-refractivity contribution in [1.82, 2.24) is 19.1 Å². The summed E-state index contributed by atoms with van der Waals surface area (Å²) in [6.07, 6.45) is 0. The molecule has 0 spiro atoms. The van der Waals surface area contributed by atoms with Crippen LogP contribution in [0.15, 0.2) is 52.5 Å². The Morgan fingerprint density at radius 1 is 1.12 bits per heavy atom. The largest absolute Gasteiger partial charge is 0.325 e. The summed E-state index contributed by atoms with van der Waals surface area (Å²) in [5.74, 6) is 0.435. The van der Waals surface area contributed by atoms with Gasteiger partial charge in [0.05, 0.1) is 10.8 Å². The lowest BCUT2D eigenvalue weighted by Gasteiger charge is -2.14.